The molecular weight excluding hydrogens is 384 g/mol. The number of hydrogen-bond donors (Lipinski definition) is 2. The molecule has 0 aliphatic heterocycles. The SMILES string of the molecule is C=C1/C(=C\C=C2/CCC[C@@]3(C)C2CCC3[C@H](C)/C=C/C(=O)C(C)(C)C)C[C@@H](O)C[C@@H]1O. The lowest BCUT2D eigenvalue weighted by Crippen LogP contribution is -2.35. The van der Waals surface area contributed by atoms with E-state index in [-0.39, 0.29) is 16.6 Å². The van der Waals surface area contributed by atoms with Crippen LogP contribution in [-0.2, 0) is 4.79 Å². The van der Waals surface area contributed by atoms with Crippen molar-refractivity contribution in [2.24, 2.45) is 28.6 Å². The average molecular weight is 427 g/mol. The number of fused-ring (bicyclic) bond motifs is 1. The van der Waals surface area contributed by atoms with Crippen molar-refractivity contribution < 1.29 is 15.0 Å². The van der Waals surface area contributed by atoms with Gasteiger partial charge in [0, 0.05) is 11.8 Å². The third kappa shape index (κ3) is 5.14. The second kappa shape index (κ2) is 9.19. The van der Waals surface area contributed by atoms with Gasteiger partial charge in [-0.3, -0.25) is 4.79 Å². The summed E-state index contributed by atoms with van der Waals surface area (Å²) in [5, 5.41) is 20.2. The molecule has 6 atom stereocenters. The smallest absolute Gasteiger partial charge is 0.160 e. The van der Waals surface area contributed by atoms with Crippen molar-refractivity contribution in [3.05, 3.63) is 47.6 Å². The largest absolute Gasteiger partial charge is 0.393 e. The molecule has 3 rings (SSSR count). The van der Waals surface area contributed by atoms with Gasteiger partial charge in [-0.2, -0.15) is 0 Å². The van der Waals surface area contributed by atoms with E-state index in [0.717, 1.165) is 17.6 Å². The molecule has 3 fully saturated rings. The molecule has 3 saturated carbocycles. The molecule has 0 radical (unpaired) electrons. The van der Waals surface area contributed by atoms with Crippen LogP contribution in [0.4, 0.5) is 0 Å². The molecule has 0 aromatic carbocycles. The summed E-state index contributed by atoms with van der Waals surface area (Å²) in [4.78, 5) is 12.4. The Hall–Kier alpha value is -1.45. The predicted molar refractivity (Wildman–Crippen MR) is 127 cm³/mol. The summed E-state index contributed by atoms with van der Waals surface area (Å²) in [7, 11) is 0. The van der Waals surface area contributed by atoms with Gasteiger partial charge in [-0.25, -0.2) is 0 Å². The zero-order valence-electron chi connectivity index (χ0n) is 20.2. The predicted octanol–water partition coefficient (Wildman–Crippen LogP) is 5.93. The summed E-state index contributed by atoms with van der Waals surface area (Å²) in [5.41, 5.74) is 3.19. The molecule has 0 heterocycles. The van der Waals surface area contributed by atoms with Crippen LogP contribution >= 0.6 is 0 Å². The second-order valence-corrected chi connectivity index (χ2v) is 11.5. The van der Waals surface area contributed by atoms with Gasteiger partial charge >= 0.3 is 0 Å². The highest BCUT2D eigenvalue weighted by Crippen LogP contribution is 2.59. The summed E-state index contributed by atoms with van der Waals surface area (Å²) in [6, 6.07) is 0. The van der Waals surface area contributed by atoms with Gasteiger partial charge in [0.15, 0.2) is 5.78 Å². The highest BCUT2D eigenvalue weighted by Gasteiger charge is 2.50. The van der Waals surface area contributed by atoms with E-state index in [1.54, 1.807) is 0 Å². The number of hydrogen-bond acceptors (Lipinski definition) is 3. The number of aliphatic hydroxyl groups is 2. The molecule has 0 aromatic heterocycles. The van der Waals surface area contributed by atoms with Crippen LogP contribution in [0, 0.1) is 28.6 Å². The van der Waals surface area contributed by atoms with Gasteiger partial charge < -0.3 is 10.2 Å². The molecule has 2 unspecified atom stereocenters. The van der Waals surface area contributed by atoms with E-state index >= 15 is 0 Å². The molecule has 31 heavy (non-hydrogen) atoms. The van der Waals surface area contributed by atoms with Crippen molar-refractivity contribution in [1.82, 2.24) is 0 Å². The molecule has 0 aromatic rings. The number of allylic oxidation sites excluding steroid dienone is 5. The van der Waals surface area contributed by atoms with Gasteiger partial charge in [-0.1, -0.05) is 65.0 Å². The van der Waals surface area contributed by atoms with Crippen molar-refractivity contribution in [1.29, 1.82) is 0 Å². The Balaban J connectivity index is 1.77. The fourth-order valence-corrected chi connectivity index (χ4v) is 6.23. The monoisotopic (exact) mass is 426 g/mol. The zero-order chi connectivity index (χ0) is 23.0. The van der Waals surface area contributed by atoms with Crippen LogP contribution in [-0.4, -0.2) is 28.2 Å². The zero-order valence-corrected chi connectivity index (χ0v) is 20.2. The highest BCUT2D eigenvalue weighted by atomic mass is 16.3. The molecular formula is C28H42O3. The lowest BCUT2D eigenvalue weighted by atomic mass is 9.61. The first kappa shape index (κ1) is 24.2. The lowest BCUT2D eigenvalue weighted by molar-refractivity contribution is -0.121. The Bertz CT molecular complexity index is 794. The maximum Gasteiger partial charge on any atom is 0.160 e. The standard InChI is InChI=1S/C28H42O3/c1-18(9-14-26(31)27(3,4)5)23-12-13-24-20(8-7-15-28(23,24)6)10-11-21-16-22(29)17-25(30)19(21)2/h9-11,14,18,22-25,29-30H,2,7-8,12-13,15-17H2,1,3-6H3/b14-9+,20-10+,21-11-/t18-,22-,23?,24?,25+,28-/m1/s1. The Morgan fingerprint density at radius 2 is 1.94 bits per heavy atom. The molecule has 0 saturated heterocycles. The second-order valence-electron chi connectivity index (χ2n) is 11.5. The summed E-state index contributed by atoms with van der Waals surface area (Å²) in [6.07, 6.45) is 14.2. The van der Waals surface area contributed by atoms with E-state index in [1.807, 2.05) is 26.8 Å². The lowest BCUT2D eigenvalue weighted by Gasteiger charge is -2.44. The molecule has 0 amide bonds. The number of carbonyl (C=O) groups is 1. The number of ketones is 1. The van der Waals surface area contributed by atoms with Crippen molar-refractivity contribution in [2.75, 3.05) is 0 Å². The normalized spacial score (nSPS) is 38.1. The van der Waals surface area contributed by atoms with Gasteiger partial charge in [0.2, 0.25) is 0 Å². The van der Waals surface area contributed by atoms with E-state index in [1.165, 1.54) is 31.3 Å². The van der Waals surface area contributed by atoms with E-state index in [4.69, 9.17) is 0 Å². The van der Waals surface area contributed by atoms with E-state index in [2.05, 4.69) is 38.7 Å². The first-order valence-electron chi connectivity index (χ1n) is 12.1. The molecule has 0 bridgehead atoms. The summed E-state index contributed by atoms with van der Waals surface area (Å²) in [5.74, 6) is 1.75. The van der Waals surface area contributed by atoms with Crippen molar-refractivity contribution in [3.63, 3.8) is 0 Å². The Morgan fingerprint density at radius 1 is 1.23 bits per heavy atom. The quantitative estimate of drug-likeness (QED) is 0.547. The van der Waals surface area contributed by atoms with Gasteiger partial charge in [0.25, 0.3) is 0 Å². The van der Waals surface area contributed by atoms with Crippen molar-refractivity contribution in [2.45, 2.75) is 91.8 Å². The summed E-state index contributed by atoms with van der Waals surface area (Å²) >= 11 is 0. The molecule has 0 spiro atoms. The van der Waals surface area contributed by atoms with Crippen molar-refractivity contribution in [3.8, 4) is 0 Å². The van der Waals surface area contributed by atoms with Crippen LogP contribution in [0.3, 0.4) is 0 Å². The minimum absolute atomic E-state index is 0.201. The molecule has 3 heteroatoms. The first-order valence-corrected chi connectivity index (χ1v) is 12.1. The minimum atomic E-state index is -0.635. The molecule has 3 aliphatic carbocycles. The maximum atomic E-state index is 12.4. The third-order valence-corrected chi connectivity index (χ3v) is 8.23. The van der Waals surface area contributed by atoms with Gasteiger partial charge in [-0.05, 0) is 78.9 Å². The van der Waals surface area contributed by atoms with Gasteiger partial charge in [0.1, 0.15) is 0 Å². The van der Waals surface area contributed by atoms with Crippen LogP contribution < -0.4 is 0 Å². The van der Waals surface area contributed by atoms with Crippen LogP contribution in [0.15, 0.2) is 47.6 Å². The number of aliphatic hydroxyl groups excluding tert-OH is 2. The fraction of sp³-hybridized carbons (Fsp3) is 0.679. The average Bonchev–Trinajstić information content (AvgIpc) is 3.04. The Kier molecular flexibility index (Phi) is 7.18. The number of carbonyl (C=O) groups excluding carboxylic acids is 1. The molecule has 172 valence electrons. The van der Waals surface area contributed by atoms with Gasteiger partial charge in [0.05, 0.1) is 12.2 Å². The summed E-state index contributed by atoms with van der Waals surface area (Å²) < 4.78 is 0. The minimum Gasteiger partial charge on any atom is -0.393 e. The Morgan fingerprint density at radius 3 is 2.61 bits per heavy atom. The van der Waals surface area contributed by atoms with Crippen molar-refractivity contribution >= 4 is 5.78 Å². The fourth-order valence-electron chi connectivity index (χ4n) is 6.23. The van der Waals surface area contributed by atoms with Crippen LogP contribution in [0.1, 0.15) is 79.6 Å². The Labute approximate surface area is 189 Å². The summed E-state index contributed by atoms with van der Waals surface area (Å²) in [6.45, 7) is 14.7. The first-order chi connectivity index (χ1) is 14.4. The highest BCUT2D eigenvalue weighted by molar-refractivity contribution is 5.93. The van der Waals surface area contributed by atoms with Crippen LogP contribution in [0.25, 0.3) is 0 Å². The topological polar surface area (TPSA) is 57.5 Å². The van der Waals surface area contributed by atoms with Gasteiger partial charge in [-0.15, -0.1) is 0 Å². The molecule has 3 nitrogen and oxygen atoms in total. The van der Waals surface area contributed by atoms with E-state index in [9.17, 15) is 15.0 Å². The van der Waals surface area contributed by atoms with E-state index < -0.39 is 12.2 Å². The maximum absolute atomic E-state index is 12.4. The molecule has 3 aliphatic rings. The van der Waals surface area contributed by atoms with E-state index in [0.29, 0.717) is 30.6 Å². The van der Waals surface area contributed by atoms with Crippen LogP contribution in [0.5, 0.6) is 0 Å². The number of rotatable bonds is 4. The van der Waals surface area contributed by atoms with Crippen LogP contribution in [0.2, 0.25) is 0 Å². The molecule has 2 N–H and O–H groups in total. The third-order valence-electron chi connectivity index (χ3n) is 8.23.